The van der Waals surface area contributed by atoms with E-state index in [-0.39, 0.29) is 35.3 Å². The Morgan fingerprint density at radius 1 is 0.446 bits per heavy atom. The van der Waals surface area contributed by atoms with Crippen LogP contribution in [0.15, 0.2) is 183 Å². The average Bonchev–Trinajstić information content (AvgIpc) is 1.66. The monoisotopic (exact) mass is 1480 g/mol. The van der Waals surface area contributed by atoms with E-state index >= 15 is 0 Å². The number of carbonyl (C=O) groups is 2. The molecular formula is C77H79FN2O15P2S4. The van der Waals surface area contributed by atoms with Crippen LogP contribution in [-0.4, -0.2) is 91.9 Å². The van der Waals surface area contributed by atoms with Gasteiger partial charge in [0.2, 0.25) is 22.0 Å². The highest BCUT2D eigenvalue weighted by atomic mass is 32.2. The summed E-state index contributed by atoms with van der Waals surface area (Å²) in [6, 6.07) is 44.9. The van der Waals surface area contributed by atoms with E-state index < -0.39 is 21.6 Å². The Balaban J connectivity index is 0.000000157. The zero-order chi connectivity index (χ0) is 72.4. The fourth-order valence-corrected chi connectivity index (χ4v) is 15.2. The Kier molecular flexibility index (Phi) is 27.4. The van der Waals surface area contributed by atoms with E-state index in [0.717, 1.165) is 128 Å². The number of unbranched alkanes of at least 4 members (excludes halogenated alkanes) is 1. The highest BCUT2D eigenvalue weighted by molar-refractivity contribution is 8.21. The molecule has 0 aliphatic rings. The van der Waals surface area contributed by atoms with Gasteiger partial charge in [0.1, 0.15) is 45.4 Å². The van der Waals surface area contributed by atoms with Crippen molar-refractivity contribution in [2.45, 2.75) is 84.3 Å². The quantitative estimate of drug-likeness (QED) is 0.0217. The summed E-state index contributed by atoms with van der Waals surface area (Å²) in [6.45, 7) is 2.90. The van der Waals surface area contributed by atoms with Crippen molar-refractivity contribution in [3.8, 4) is 91.3 Å². The lowest BCUT2D eigenvalue weighted by Gasteiger charge is -2.06. The van der Waals surface area contributed by atoms with E-state index in [4.69, 9.17) is 48.1 Å². The van der Waals surface area contributed by atoms with Gasteiger partial charge in [-0.15, -0.1) is 47.0 Å². The maximum atomic E-state index is 13.2. The number of furan rings is 4. The number of rotatable bonds is 26. The second kappa shape index (κ2) is 36.2. The number of carbonyl (C=O) groups excluding carboxylic acids is 2. The van der Waals surface area contributed by atoms with Gasteiger partial charge in [-0.25, -0.2) is 4.20 Å². The van der Waals surface area contributed by atoms with Crippen LogP contribution < -0.4 is 30.4 Å². The van der Waals surface area contributed by atoms with Crippen molar-refractivity contribution in [1.29, 1.82) is 0 Å². The molecular weight excluding hydrogens is 1400 g/mol. The summed E-state index contributed by atoms with van der Waals surface area (Å²) in [4.78, 5) is 26.7. The predicted molar refractivity (Wildman–Crippen MR) is 409 cm³/mol. The van der Waals surface area contributed by atoms with Crippen LogP contribution in [0.2, 0.25) is 0 Å². The van der Waals surface area contributed by atoms with Crippen LogP contribution in [0.5, 0.6) is 46.0 Å². The number of ether oxygens (including phenoxy) is 4. The van der Waals surface area contributed by atoms with Gasteiger partial charge in [-0.3, -0.25) is 14.2 Å². The number of methoxy groups -OCH3 is 4. The van der Waals surface area contributed by atoms with Gasteiger partial charge in [0, 0.05) is 56.6 Å². The van der Waals surface area contributed by atoms with Crippen molar-refractivity contribution in [2.24, 2.45) is 11.5 Å². The molecule has 0 saturated carbocycles. The maximum absolute atomic E-state index is 13.2. The lowest BCUT2D eigenvalue weighted by Crippen LogP contribution is -2.11. The number of aromatic hydroxyl groups is 4. The van der Waals surface area contributed by atoms with Gasteiger partial charge in [-0.05, 0) is 214 Å². The molecule has 0 fully saturated rings. The topological polar surface area (TPSA) is 274 Å². The minimum absolute atomic E-state index is 0.0113. The number of fused-ring (bicyclic) bond motifs is 4. The normalized spacial score (nSPS) is 11.4. The summed E-state index contributed by atoms with van der Waals surface area (Å²) < 4.78 is 68.8. The standard InChI is InChI=1S/C20H22O3S.C19H17FO5P2S.C19H19NO4S.C19H21NO3S/c1-4-5-6-13-7-10-17-15(11-13)20(24-3)19(23-17)14-8-9-16(21)18(12-14)22-2;1-24-16-10-12(5-6-14(16)21)18-19(28-2)13-9-11(3-7-15(13)25-18)4-8-17(22)27(20)26-23;1-23-16-10-12(5-6-14(16)21)18-19(25-2)13-9-11(4-8-17(20)22)3-7-15(13)24-18;1-22-17-11-13(6-7-15(17)21)18-19(24-2)14-10-12(4-3-9-20)5-8-16(14)23-18/h7-12,21H,4-6H2,1-3H3;3,5-7,9-10,21H,4,8H2,1-2H3;3,5-7,9-10,21H,4,8H2,1-2H3,(H2,20,22);5-8,10-11,21H,3-4,9,20H2,1-2H3. The van der Waals surface area contributed by atoms with Crippen LogP contribution in [0, 0.1) is 0 Å². The van der Waals surface area contributed by atoms with Gasteiger partial charge >= 0.3 is 0 Å². The molecule has 12 rings (SSSR count). The molecule has 0 spiro atoms. The molecule has 4 aromatic heterocycles. The molecule has 0 aliphatic carbocycles. The van der Waals surface area contributed by atoms with E-state index in [9.17, 15) is 38.8 Å². The van der Waals surface area contributed by atoms with Crippen LogP contribution in [-0.2, 0) is 39.8 Å². The van der Waals surface area contributed by atoms with E-state index in [1.807, 2.05) is 79.4 Å². The molecule has 24 heteroatoms. The summed E-state index contributed by atoms with van der Waals surface area (Å²) in [5.74, 6) is 4.71. The zero-order valence-electron chi connectivity index (χ0n) is 57.3. The Labute approximate surface area is 604 Å². The fourth-order valence-electron chi connectivity index (χ4n) is 11.3. The van der Waals surface area contributed by atoms with Gasteiger partial charge in [0.25, 0.3) is 0 Å². The summed E-state index contributed by atoms with van der Waals surface area (Å²) in [5, 5.41) is 43.4. The van der Waals surface area contributed by atoms with Crippen LogP contribution in [0.3, 0.4) is 0 Å². The number of primary amides is 1. The number of hydrogen-bond acceptors (Lipinski definition) is 20. The van der Waals surface area contributed by atoms with Crippen molar-refractivity contribution >= 4 is 118 Å². The van der Waals surface area contributed by atoms with Gasteiger partial charge in [-0.1, -0.05) is 37.6 Å². The molecule has 1 atom stereocenters. The fraction of sp³-hybridized carbons (Fsp3) is 0.247. The first-order chi connectivity index (χ1) is 48.9. The van der Waals surface area contributed by atoms with E-state index in [2.05, 4.69) is 43.5 Å². The molecule has 17 nitrogen and oxygen atoms in total. The minimum Gasteiger partial charge on any atom is -0.504 e. The summed E-state index contributed by atoms with van der Waals surface area (Å²) in [7, 11) is 2.76. The molecule has 0 radical (unpaired) electrons. The Bertz CT molecular complexity index is 4750. The summed E-state index contributed by atoms with van der Waals surface area (Å²) in [6.07, 6.45) is 14.7. The molecule has 8 aromatic carbocycles. The van der Waals surface area contributed by atoms with Crippen molar-refractivity contribution in [1.82, 2.24) is 0 Å². The van der Waals surface area contributed by atoms with Gasteiger partial charge in [-0.2, -0.15) is 0 Å². The molecule has 12 aromatic rings. The predicted octanol–water partition coefficient (Wildman–Crippen LogP) is 20.8. The van der Waals surface area contributed by atoms with Gasteiger partial charge < -0.3 is 68.5 Å². The van der Waals surface area contributed by atoms with Crippen LogP contribution in [0.4, 0.5) is 4.20 Å². The number of amides is 1. The first-order valence-corrected chi connectivity index (χ1v) is 39.7. The smallest absolute Gasteiger partial charge is 0.245 e. The van der Waals surface area contributed by atoms with E-state index in [1.165, 1.54) is 57.1 Å². The van der Waals surface area contributed by atoms with Gasteiger partial charge in [0.15, 0.2) is 51.5 Å². The lowest BCUT2D eigenvalue weighted by molar-refractivity contribution is -0.118. The molecule has 4 heterocycles. The second-order valence-corrected chi connectivity index (χ2v) is 28.9. The molecule has 528 valence electrons. The number of thioether (sulfide) groups is 4. The van der Waals surface area contributed by atoms with E-state index in [1.54, 1.807) is 97.0 Å². The summed E-state index contributed by atoms with van der Waals surface area (Å²) in [5.41, 5.74) is 21.3. The molecule has 0 aliphatic heterocycles. The molecule has 8 N–H and O–H groups in total. The van der Waals surface area contributed by atoms with Gasteiger partial charge in [0.05, 0.1) is 48.0 Å². The largest absolute Gasteiger partial charge is 0.504 e. The Hall–Kier alpha value is -8.72. The number of aryl methyl sites for hydroxylation is 4. The molecule has 0 bridgehead atoms. The number of phenolic OH excluding ortho intramolecular Hbond substituents is 4. The highest BCUT2D eigenvalue weighted by Crippen LogP contribution is 2.52. The molecule has 101 heavy (non-hydrogen) atoms. The average molecular weight is 1480 g/mol. The number of benzene rings is 8. The Morgan fingerprint density at radius 3 is 0.990 bits per heavy atom. The lowest BCUT2D eigenvalue weighted by atomic mass is 10.1. The third-order valence-electron chi connectivity index (χ3n) is 16.5. The Morgan fingerprint density at radius 2 is 0.733 bits per heavy atom. The van der Waals surface area contributed by atoms with Crippen molar-refractivity contribution in [3.05, 3.63) is 168 Å². The SMILES string of the molecule is CCCCc1ccc2oc(-c3ccc(O)c(OC)c3)c(SC)c2c1.COc1cc(-c2oc3ccc(CCC(=O)P(F)P=O)cc3c2SC)ccc1O.COc1cc(-c2oc3ccc(CCC(N)=O)cc3c2SC)ccc1O.COc1cc(-c2oc3ccc(CCCN)cc3c2SC)ccc1O. The number of hydrogen-bond donors (Lipinski definition) is 6. The van der Waals surface area contributed by atoms with Crippen LogP contribution in [0.1, 0.15) is 61.3 Å². The number of phenols is 4. The molecule has 1 unspecified atom stereocenters. The first kappa shape index (κ1) is 76.5. The van der Waals surface area contributed by atoms with Crippen molar-refractivity contribution in [2.75, 3.05) is 60.0 Å². The second-order valence-electron chi connectivity index (χ2n) is 22.9. The van der Waals surface area contributed by atoms with Crippen molar-refractivity contribution in [3.63, 3.8) is 0 Å². The molecule has 0 saturated heterocycles. The number of halogens is 1. The molecule has 1 amide bonds. The maximum Gasteiger partial charge on any atom is 0.245 e. The highest BCUT2D eigenvalue weighted by Gasteiger charge is 2.24. The van der Waals surface area contributed by atoms with Crippen LogP contribution >= 0.6 is 63.1 Å². The first-order valence-electron chi connectivity index (χ1n) is 32.0. The third-order valence-corrected chi connectivity index (χ3v) is 21.6. The summed E-state index contributed by atoms with van der Waals surface area (Å²) >= 11 is 6.45. The third kappa shape index (κ3) is 18.3. The number of nitrogens with two attached hydrogens (primary N) is 2. The zero-order valence-corrected chi connectivity index (χ0v) is 62.3. The van der Waals surface area contributed by atoms with E-state index in [0.29, 0.717) is 60.1 Å². The van der Waals surface area contributed by atoms with Crippen LogP contribution in [0.25, 0.3) is 89.2 Å². The minimum atomic E-state index is -2.59. The van der Waals surface area contributed by atoms with Crippen molar-refractivity contribution < 1.29 is 75.4 Å².